The van der Waals surface area contributed by atoms with Crippen molar-refractivity contribution in [3.8, 4) is 0 Å². The Labute approximate surface area is 116 Å². The average molecular weight is 269 g/mol. The molecule has 0 saturated carbocycles. The maximum Gasteiger partial charge on any atom is 0.356 e. The summed E-state index contributed by atoms with van der Waals surface area (Å²) in [5, 5.41) is 8.98. The van der Waals surface area contributed by atoms with E-state index < -0.39 is 5.97 Å². The third-order valence-electron chi connectivity index (χ3n) is 3.59. The molecule has 2 aromatic rings. The number of carboxylic acids is 1. The minimum Gasteiger partial charge on any atom is -0.476 e. The lowest BCUT2D eigenvalue weighted by molar-refractivity contribution is 0.0690. The van der Waals surface area contributed by atoms with Crippen molar-refractivity contribution in [2.24, 2.45) is 0 Å². The summed E-state index contributed by atoms with van der Waals surface area (Å²) < 4.78 is 0. The number of fused-ring (bicyclic) bond motifs is 1. The van der Waals surface area contributed by atoms with Gasteiger partial charge in [0.25, 0.3) is 0 Å². The first-order valence-corrected chi connectivity index (χ1v) is 6.61. The van der Waals surface area contributed by atoms with Gasteiger partial charge < -0.3 is 10.0 Å². The molecule has 102 valence electrons. The largest absolute Gasteiger partial charge is 0.476 e. The van der Waals surface area contributed by atoms with Gasteiger partial charge in [0.15, 0.2) is 5.69 Å². The molecule has 0 spiro atoms. The highest BCUT2D eigenvalue weighted by Gasteiger charge is 2.16. The van der Waals surface area contributed by atoms with Gasteiger partial charge in [0.2, 0.25) is 0 Å². The fraction of sp³-hybridized carbons (Fsp3) is 0.267. The minimum atomic E-state index is -1.04. The van der Waals surface area contributed by atoms with E-state index >= 15 is 0 Å². The number of hydrogen-bond acceptors (Lipinski definition) is 4. The highest BCUT2D eigenvalue weighted by molar-refractivity contribution is 5.85. The van der Waals surface area contributed by atoms with Gasteiger partial charge in [-0.2, -0.15) is 0 Å². The zero-order valence-electron chi connectivity index (χ0n) is 11.0. The second-order valence-electron chi connectivity index (χ2n) is 4.82. The summed E-state index contributed by atoms with van der Waals surface area (Å²) in [6.07, 6.45) is 4.78. The first kappa shape index (κ1) is 12.6. The van der Waals surface area contributed by atoms with Gasteiger partial charge in [-0.05, 0) is 24.0 Å². The minimum absolute atomic E-state index is 0.00994. The highest BCUT2D eigenvalue weighted by atomic mass is 16.4. The van der Waals surface area contributed by atoms with Gasteiger partial charge in [-0.25, -0.2) is 9.78 Å². The smallest absolute Gasteiger partial charge is 0.356 e. The first-order valence-electron chi connectivity index (χ1n) is 6.61. The van der Waals surface area contributed by atoms with Crippen LogP contribution >= 0.6 is 0 Å². The van der Waals surface area contributed by atoms with Gasteiger partial charge in [0.05, 0.1) is 12.4 Å². The fourth-order valence-corrected chi connectivity index (χ4v) is 2.51. The molecule has 0 aliphatic carbocycles. The Balaban J connectivity index is 1.83. The maximum atomic E-state index is 11.0. The number of carboxylic acid groups (broad SMARTS) is 1. The van der Waals surface area contributed by atoms with E-state index in [2.05, 4.69) is 39.1 Å². The molecule has 0 unspecified atom stereocenters. The molecule has 0 saturated heterocycles. The molecule has 0 amide bonds. The normalized spacial score (nSPS) is 14.5. The van der Waals surface area contributed by atoms with Crippen molar-refractivity contribution >= 4 is 11.8 Å². The van der Waals surface area contributed by atoms with Crippen LogP contribution in [-0.4, -0.2) is 34.1 Å². The van der Waals surface area contributed by atoms with E-state index in [0.717, 1.165) is 25.9 Å². The summed E-state index contributed by atoms with van der Waals surface area (Å²) in [5.41, 5.74) is 2.71. The Morgan fingerprint density at radius 1 is 1.10 bits per heavy atom. The van der Waals surface area contributed by atoms with Crippen LogP contribution in [-0.2, 0) is 12.8 Å². The number of rotatable bonds is 2. The molecule has 0 atom stereocenters. The summed E-state index contributed by atoms with van der Waals surface area (Å²) >= 11 is 0. The Morgan fingerprint density at radius 2 is 1.75 bits per heavy atom. The Hall–Kier alpha value is -2.43. The monoisotopic (exact) mass is 269 g/mol. The van der Waals surface area contributed by atoms with E-state index in [1.165, 1.54) is 17.3 Å². The topological polar surface area (TPSA) is 66.3 Å². The van der Waals surface area contributed by atoms with Crippen LogP contribution in [0, 0.1) is 0 Å². The molecule has 1 N–H and O–H groups in total. The molecule has 1 aliphatic rings. The molecular weight excluding hydrogens is 254 g/mol. The molecule has 3 rings (SSSR count). The Bertz CT molecular complexity index is 616. The van der Waals surface area contributed by atoms with Gasteiger partial charge in [-0.3, -0.25) is 4.98 Å². The number of hydrogen-bond donors (Lipinski definition) is 1. The predicted molar refractivity (Wildman–Crippen MR) is 75.1 cm³/mol. The fourth-order valence-electron chi connectivity index (χ4n) is 2.51. The van der Waals surface area contributed by atoms with Crippen molar-refractivity contribution in [3.05, 3.63) is 53.5 Å². The summed E-state index contributed by atoms with van der Waals surface area (Å²) in [6.45, 7) is 1.66. The van der Waals surface area contributed by atoms with Crippen molar-refractivity contribution in [2.75, 3.05) is 18.0 Å². The van der Waals surface area contributed by atoms with Gasteiger partial charge in [0, 0.05) is 13.1 Å². The molecule has 5 heteroatoms. The number of aromatic carboxylic acids is 1. The lowest BCUT2D eigenvalue weighted by Gasteiger charge is -2.20. The van der Waals surface area contributed by atoms with Crippen LogP contribution < -0.4 is 4.90 Å². The average Bonchev–Trinajstić information content (AvgIpc) is 2.70. The zero-order chi connectivity index (χ0) is 13.9. The summed E-state index contributed by atoms with van der Waals surface area (Å²) in [5.74, 6) is -0.407. The van der Waals surface area contributed by atoms with Crippen LogP contribution in [0.3, 0.4) is 0 Å². The second-order valence-corrected chi connectivity index (χ2v) is 4.82. The number of nitrogens with zero attached hydrogens (tertiary/aromatic N) is 3. The lowest BCUT2D eigenvalue weighted by atomic mass is 10.0. The second kappa shape index (κ2) is 5.28. The molecular formula is C15H15N3O2. The zero-order valence-corrected chi connectivity index (χ0v) is 11.0. The van der Waals surface area contributed by atoms with Crippen molar-refractivity contribution in [2.45, 2.75) is 12.8 Å². The van der Waals surface area contributed by atoms with Crippen LogP contribution in [0.1, 0.15) is 21.6 Å². The summed E-state index contributed by atoms with van der Waals surface area (Å²) in [4.78, 5) is 21.2. The van der Waals surface area contributed by atoms with Gasteiger partial charge in [-0.1, -0.05) is 24.3 Å². The molecule has 5 nitrogen and oxygen atoms in total. The van der Waals surface area contributed by atoms with Gasteiger partial charge >= 0.3 is 5.97 Å². The summed E-state index contributed by atoms with van der Waals surface area (Å²) in [7, 11) is 0. The third-order valence-corrected chi connectivity index (χ3v) is 3.59. The van der Waals surface area contributed by atoms with Gasteiger partial charge in [0.1, 0.15) is 5.82 Å². The van der Waals surface area contributed by atoms with Crippen LogP contribution in [0.25, 0.3) is 0 Å². The number of carbonyl (C=O) groups is 1. The van der Waals surface area contributed by atoms with Crippen molar-refractivity contribution < 1.29 is 9.90 Å². The molecule has 0 fully saturated rings. The van der Waals surface area contributed by atoms with E-state index in [1.807, 2.05) is 0 Å². The molecule has 0 bridgehead atoms. The number of aromatic nitrogens is 2. The maximum absolute atomic E-state index is 11.0. The standard InChI is InChI=1S/C15H15N3O2/c19-15(20)13-9-16-10-14(17-13)18-7-5-11-3-1-2-4-12(11)6-8-18/h1-4,9-10H,5-8H2,(H,19,20). The SMILES string of the molecule is O=C(O)c1cncc(N2CCc3ccccc3CC2)n1. The molecule has 1 aliphatic heterocycles. The molecule has 20 heavy (non-hydrogen) atoms. The molecule has 2 heterocycles. The summed E-state index contributed by atoms with van der Waals surface area (Å²) in [6, 6.07) is 8.41. The quantitative estimate of drug-likeness (QED) is 0.900. The van der Waals surface area contributed by atoms with E-state index in [1.54, 1.807) is 6.20 Å². The molecule has 1 aromatic heterocycles. The van der Waals surface area contributed by atoms with E-state index in [9.17, 15) is 4.79 Å². The highest BCUT2D eigenvalue weighted by Crippen LogP contribution is 2.19. The Morgan fingerprint density at radius 3 is 2.35 bits per heavy atom. The van der Waals surface area contributed by atoms with E-state index in [0.29, 0.717) is 5.82 Å². The van der Waals surface area contributed by atoms with Crippen molar-refractivity contribution in [1.29, 1.82) is 0 Å². The molecule has 0 radical (unpaired) electrons. The predicted octanol–water partition coefficient (Wildman–Crippen LogP) is 1.78. The molecule has 1 aromatic carbocycles. The first-order chi connectivity index (χ1) is 9.74. The van der Waals surface area contributed by atoms with Crippen LogP contribution in [0.2, 0.25) is 0 Å². The van der Waals surface area contributed by atoms with Crippen LogP contribution in [0.5, 0.6) is 0 Å². The van der Waals surface area contributed by atoms with Crippen molar-refractivity contribution in [3.63, 3.8) is 0 Å². The Kier molecular flexibility index (Phi) is 3.33. The van der Waals surface area contributed by atoms with Crippen LogP contribution in [0.4, 0.5) is 5.82 Å². The van der Waals surface area contributed by atoms with E-state index in [-0.39, 0.29) is 5.69 Å². The van der Waals surface area contributed by atoms with E-state index in [4.69, 9.17) is 5.11 Å². The number of anilines is 1. The third kappa shape index (κ3) is 2.47. The number of benzene rings is 1. The van der Waals surface area contributed by atoms with Crippen LogP contribution in [0.15, 0.2) is 36.7 Å². The van der Waals surface area contributed by atoms with Gasteiger partial charge in [-0.15, -0.1) is 0 Å². The van der Waals surface area contributed by atoms with Crippen molar-refractivity contribution in [1.82, 2.24) is 9.97 Å². The lowest BCUT2D eigenvalue weighted by Crippen LogP contribution is -2.27.